The van der Waals surface area contributed by atoms with E-state index in [1.165, 1.54) is 0 Å². The van der Waals surface area contributed by atoms with Crippen LogP contribution in [0.2, 0.25) is 0 Å². The number of nitrogens with zero attached hydrogens (tertiary/aromatic N) is 3. The molecule has 6 nitrogen and oxygen atoms in total. The Morgan fingerprint density at radius 1 is 0.929 bits per heavy atom. The van der Waals surface area contributed by atoms with Gasteiger partial charge in [-0.3, -0.25) is 0 Å². The Morgan fingerprint density at radius 3 is 2.21 bits per heavy atom. The first kappa shape index (κ1) is 18.8. The molecule has 0 spiro atoms. The highest BCUT2D eigenvalue weighted by Gasteiger charge is 2.21. The first-order valence-corrected chi connectivity index (χ1v) is 8.71. The van der Waals surface area contributed by atoms with Crippen LogP contribution in [0.3, 0.4) is 0 Å². The van der Waals surface area contributed by atoms with E-state index in [0.29, 0.717) is 30.1 Å². The molecule has 6 heteroatoms. The fourth-order valence-corrected chi connectivity index (χ4v) is 2.79. The standard InChI is InChI=1S/C22H18N4O2/c1-2-27-22-19(13-24)20(18(12-23)21(25)26-22)16-8-10-17(11-9-16)28-14-15-6-4-3-5-7-15/h3-11H,2,14H2,1H3,(H2,25,26). The molecule has 0 bridgehead atoms. The lowest BCUT2D eigenvalue weighted by Gasteiger charge is -2.13. The summed E-state index contributed by atoms with van der Waals surface area (Å²) in [5.74, 6) is 0.835. The molecule has 0 aliphatic heterocycles. The quantitative estimate of drug-likeness (QED) is 0.702. The van der Waals surface area contributed by atoms with Crippen molar-refractivity contribution >= 4 is 5.82 Å². The number of hydrogen-bond acceptors (Lipinski definition) is 6. The van der Waals surface area contributed by atoms with Gasteiger partial charge in [-0.1, -0.05) is 42.5 Å². The molecule has 0 aliphatic rings. The van der Waals surface area contributed by atoms with E-state index in [2.05, 4.69) is 11.1 Å². The number of nitrogens with two attached hydrogens (primary N) is 1. The van der Waals surface area contributed by atoms with Crippen LogP contribution in [0.5, 0.6) is 11.6 Å². The first-order chi connectivity index (χ1) is 13.7. The van der Waals surface area contributed by atoms with Crippen molar-refractivity contribution in [2.24, 2.45) is 0 Å². The summed E-state index contributed by atoms with van der Waals surface area (Å²) >= 11 is 0. The number of anilines is 1. The molecule has 0 atom stereocenters. The Labute approximate surface area is 163 Å². The third kappa shape index (κ3) is 3.87. The van der Waals surface area contributed by atoms with Gasteiger partial charge in [-0.2, -0.15) is 15.5 Å². The topological polar surface area (TPSA) is 105 Å². The van der Waals surface area contributed by atoms with Gasteiger partial charge < -0.3 is 15.2 Å². The highest BCUT2D eigenvalue weighted by Crippen LogP contribution is 2.35. The van der Waals surface area contributed by atoms with Crippen LogP contribution in [0, 0.1) is 22.7 Å². The molecule has 1 aromatic heterocycles. The maximum absolute atomic E-state index is 9.62. The van der Waals surface area contributed by atoms with E-state index in [9.17, 15) is 10.5 Å². The normalized spacial score (nSPS) is 9.96. The van der Waals surface area contributed by atoms with Crippen LogP contribution in [0.25, 0.3) is 11.1 Å². The van der Waals surface area contributed by atoms with Crippen molar-refractivity contribution in [3.8, 4) is 34.9 Å². The van der Waals surface area contributed by atoms with Crippen molar-refractivity contribution < 1.29 is 9.47 Å². The molecule has 0 unspecified atom stereocenters. The van der Waals surface area contributed by atoms with Gasteiger partial charge in [0.2, 0.25) is 5.88 Å². The van der Waals surface area contributed by atoms with Crippen LogP contribution in [-0.4, -0.2) is 11.6 Å². The van der Waals surface area contributed by atoms with Crippen molar-refractivity contribution in [2.45, 2.75) is 13.5 Å². The highest BCUT2D eigenvalue weighted by molar-refractivity contribution is 5.82. The van der Waals surface area contributed by atoms with E-state index in [-0.39, 0.29) is 22.8 Å². The number of hydrogen-bond donors (Lipinski definition) is 1. The minimum atomic E-state index is 0.0318. The summed E-state index contributed by atoms with van der Waals surface area (Å²) in [4.78, 5) is 4.06. The van der Waals surface area contributed by atoms with E-state index >= 15 is 0 Å². The predicted octanol–water partition coefficient (Wildman–Crippen LogP) is 4.05. The van der Waals surface area contributed by atoms with Gasteiger partial charge in [-0.15, -0.1) is 0 Å². The minimum absolute atomic E-state index is 0.0318. The molecule has 1 heterocycles. The van der Waals surface area contributed by atoms with Crippen LogP contribution in [0.4, 0.5) is 5.82 Å². The van der Waals surface area contributed by atoms with Gasteiger partial charge in [-0.05, 0) is 30.2 Å². The van der Waals surface area contributed by atoms with Gasteiger partial charge in [0.1, 0.15) is 41.4 Å². The van der Waals surface area contributed by atoms with Gasteiger partial charge >= 0.3 is 0 Å². The SMILES string of the molecule is CCOc1nc(N)c(C#N)c(-c2ccc(OCc3ccccc3)cc2)c1C#N. The molecule has 0 saturated carbocycles. The number of pyridine rings is 1. The lowest BCUT2D eigenvalue weighted by molar-refractivity contribution is 0.306. The van der Waals surface area contributed by atoms with Crippen molar-refractivity contribution in [1.82, 2.24) is 4.98 Å². The molecule has 138 valence electrons. The summed E-state index contributed by atoms with van der Waals surface area (Å²) < 4.78 is 11.2. The lowest BCUT2D eigenvalue weighted by Crippen LogP contribution is -2.06. The smallest absolute Gasteiger partial charge is 0.234 e. The average Bonchev–Trinajstić information content (AvgIpc) is 2.73. The van der Waals surface area contributed by atoms with Crippen LogP contribution < -0.4 is 15.2 Å². The van der Waals surface area contributed by atoms with E-state index in [1.807, 2.05) is 36.4 Å². The lowest BCUT2D eigenvalue weighted by atomic mass is 9.96. The maximum atomic E-state index is 9.62. The van der Waals surface area contributed by atoms with E-state index in [0.717, 1.165) is 5.56 Å². The Balaban J connectivity index is 1.95. The molecule has 2 aromatic carbocycles. The zero-order valence-electron chi connectivity index (χ0n) is 15.3. The Morgan fingerprint density at radius 2 is 1.61 bits per heavy atom. The molecule has 0 amide bonds. The average molecular weight is 370 g/mol. The largest absolute Gasteiger partial charge is 0.489 e. The van der Waals surface area contributed by atoms with E-state index in [4.69, 9.17) is 15.2 Å². The summed E-state index contributed by atoms with van der Waals surface area (Å²) in [5, 5.41) is 19.1. The summed E-state index contributed by atoms with van der Waals surface area (Å²) in [5.41, 5.74) is 8.39. The molecular weight excluding hydrogens is 352 g/mol. The van der Waals surface area contributed by atoms with Gasteiger partial charge in [0, 0.05) is 5.56 Å². The zero-order chi connectivity index (χ0) is 19.9. The Kier molecular flexibility index (Phi) is 5.74. The van der Waals surface area contributed by atoms with E-state index in [1.54, 1.807) is 31.2 Å². The number of benzene rings is 2. The van der Waals surface area contributed by atoms with Crippen LogP contribution >= 0.6 is 0 Å². The molecule has 0 radical (unpaired) electrons. The molecule has 0 aliphatic carbocycles. The number of aromatic nitrogens is 1. The number of nitriles is 2. The Bertz CT molecular complexity index is 1050. The molecule has 28 heavy (non-hydrogen) atoms. The summed E-state index contributed by atoms with van der Waals surface area (Å²) in [6, 6.07) is 21.1. The fraction of sp³-hybridized carbons (Fsp3) is 0.136. The molecule has 0 saturated heterocycles. The fourth-order valence-electron chi connectivity index (χ4n) is 2.79. The predicted molar refractivity (Wildman–Crippen MR) is 105 cm³/mol. The van der Waals surface area contributed by atoms with Crippen molar-refractivity contribution in [2.75, 3.05) is 12.3 Å². The van der Waals surface area contributed by atoms with E-state index < -0.39 is 0 Å². The number of ether oxygens (including phenoxy) is 2. The van der Waals surface area contributed by atoms with Crippen molar-refractivity contribution in [3.63, 3.8) is 0 Å². The second-order valence-electron chi connectivity index (χ2n) is 5.88. The zero-order valence-corrected chi connectivity index (χ0v) is 15.3. The summed E-state index contributed by atoms with van der Waals surface area (Å²) in [7, 11) is 0. The second-order valence-corrected chi connectivity index (χ2v) is 5.88. The summed E-state index contributed by atoms with van der Waals surface area (Å²) in [6.45, 7) is 2.57. The van der Waals surface area contributed by atoms with Gasteiger partial charge in [-0.25, -0.2) is 0 Å². The third-order valence-corrected chi connectivity index (χ3v) is 4.09. The Hall–Kier alpha value is -4.03. The van der Waals surface area contributed by atoms with Crippen LogP contribution in [0.1, 0.15) is 23.6 Å². The second kappa shape index (κ2) is 8.57. The van der Waals surface area contributed by atoms with Gasteiger partial charge in [0.15, 0.2) is 0 Å². The van der Waals surface area contributed by atoms with Crippen LogP contribution in [-0.2, 0) is 6.61 Å². The van der Waals surface area contributed by atoms with Gasteiger partial charge in [0.05, 0.1) is 6.61 Å². The van der Waals surface area contributed by atoms with Crippen molar-refractivity contribution in [1.29, 1.82) is 10.5 Å². The summed E-state index contributed by atoms with van der Waals surface area (Å²) in [6.07, 6.45) is 0. The minimum Gasteiger partial charge on any atom is -0.489 e. The molecule has 3 aromatic rings. The third-order valence-electron chi connectivity index (χ3n) is 4.09. The van der Waals surface area contributed by atoms with Crippen molar-refractivity contribution in [3.05, 3.63) is 71.3 Å². The molecule has 2 N–H and O–H groups in total. The first-order valence-electron chi connectivity index (χ1n) is 8.71. The highest BCUT2D eigenvalue weighted by atomic mass is 16.5. The number of nitrogen functional groups attached to an aromatic ring is 1. The molecular formula is C22H18N4O2. The molecule has 0 fully saturated rings. The maximum Gasteiger partial charge on any atom is 0.234 e. The monoisotopic (exact) mass is 370 g/mol. The van der Waals surface area contributed by atoms with Crippen LogP contribution in [0.15, 0.2) is 54.6 Å². The van der Waals surface area contributed by atoms with Gasteiger partial charge in [0.25, 0.3) is 0 Å². The number of rotatable bonds is 6. The molecule has 3 rings (SSSR count).